The van der Waals surface area contributed by atoms with Crippen molar-refractivity contribution >= 4 is 23.3 Å². The van der Waals surface area contributed by atoms with Gasteiger partial charge in [0.15, 0.2) is 16.4 Å². The number of aryl methyl sites for hydroxylation is 2. The van der Waals surface area contributed by atoms with Crippen molar-refractivity contribution in [1.82, 2.24) is 19.3 Å². The first-order valence-corrected chi connectivity index (χ1v) is 6.44. The van der Waals surface area contributed by atoms with Crippen LogP contribution < -0.4 is 0 Å². The number of nitrogens with zero attached hydrogens (tertiary/aromatic N) is 3. The van der Waals surface area contributed by atoms with Crippen LogP contribution in [-0.2, 0) is 13.6 Å². The first-order valence-electron chi connectivity index (χ1n) is 6.03. The first-order chi connectivity index (χ1) is 9.47. The van der Waals surface area contributed by atoms with Gasteiger partial charge >= 0.3 is 0 Å². The molecule has 0 radical (unpaired) electrons. The predicted molar refractivity (Wildman–Crippen MR) is 74.1 cm³/mol. The Bertz CT molecular complexity index is 859. The van der Waals surface area contributed by atoms with Crippen molar-refractivity contribution < 1.29 is 8.78 Å². The van der Waals surface area contributed by atoms with Crippen molar-refractivity contribution in [2.75, 3.05) is 0 Å². The molecule has 0 unspecified atom stereocenters. The summed E-state index contributed by atoms with van der Waals surface area (Å²) in [6.07, 6.45) is 1.84. The van der Waals surface area contributed by atoms with Crippen molar-refractivity contribution in [1.29, 1.82) is 0 Å². The second-order valence-electron chi connectivity index (χ2n) is 4.69. The van der Waals surface area contributed by atoms with E-state index >= 15 is 0 Å². The molecule has 0 aliphatic carbocycles. The Balaban J connectivity index is 2.21. The Morgan fingerprint density at radius 1 is 1.35 bits per heavy atom. The summed E-state index contributed by atoms with van der Waals surface area (Å²) in [7, 11) is 1.81. The van der Waals surface area contributed by atoms with Gasteiger partial charge in [-0.3, -0.25) is 4.68 Å². The van der Waals surface area contributed by atoms with Crippen LogP contribution >= 0.6 is 12.2 Å². The van der Waals surface area contributed by atoms with E-state index in [1.54, 1.807) is 9.25 Å². The highest BCUT2D eigenvalue weighted by atomic mass is 32.1. The van der Waals surface area contributed by atoms with E-state index in [9.17, 15) is 8.78 Å². The maximum Gasteiger partial charge on any atom is 0.184 e. The molecule has 1 N–H and O–H groups in total. The summed E-state index contributed by atoms with van der Waals surface area (Å²) in [6, 6.07) is 2.57. The summed E-state index contributed by atoms with van der Waals surface area (Å²) < 4.78 is 31.0. The summed E-state index contributed by atoms with van der Waals surface area (Å²) in [5.41, 5.74) is 2.38. The highest BCUT2D eigenvalue weighted by Gasteiger charge is 2.15. The molecule has 0 bridgehead atoms. The fourth-order valence-corrected chi connectivity index (χ4v) is 2.58. The van der Waals surface area contributed by atoms with Crippen molar-refractivity contribution in [2.24, 2.45) is 7.05 Å². The van der Waals surface area contributed by atoms with Gasteiger partial charge in [0.1, 0.15) is 5.52 Å². The highest BCUT2D eigenvalue weighted by molar-refractivity contribution is 7.71. The number of benzene rings is 1. The van der Waals surface area contributed by atoms with Crippen LogP contribution in [0.3, 0.4) is 0 Å². The summed E-state index contributed by atoms with van der Waals surface area (Å²) >= 11 is 5.20. The zero-order chi connectivity index (χ0) is 14.4. The minimum Gasteiger partial charge on any atom is -0.330 e. The fourth-order valence-electron chi connectivity index (χ4n) is 2.31. The molecule has 0 aliphatic heterocycles. The van der Waals surface area contributed by atoms with Gasteiger partial charge in [0.05, 0.1) is 17.8 Å². The van der Waals surface area contributed by atoms with E-state index < -0.39 is 11.6 Å². The molecule has 104 valence electrons. The molecule has 0 amide bonds. The molecule has 3 rings (SSSR count). The minimum absolute atomic E-state index is 0.151. The number of aromatic amines is 1. The smallest absolute Gasteiger partial charge is 0.184 e. The van der Waals surface area contributed by atoms with E-state index in [2.05, 4.69) is 10.1 Å². The van der Waals surface area contributed by atoms with Crippen LogP contribution in [0.25, 0.3) is 11.0 Å². The molecule has 7 heteroatoms. The van der Waals surface area contributed by atoms with E-state index in [1.165, 1.54) is 6.07 Å². The van der Waals surface area contributed by atoms with Crippen LogP contribution in [-0.4, -0.2) is 19.3 Å². The van der Waals surface area contributed by atoms with Crippen LogP contribution in [0.1, 0.15) is 11.3 Å². The van der Waals surface area contributed by atoms with E-state index in [1.807, 2.05) is 20.2 Å². The van der Waals surface area contributed by atoms with Crippen LogP contribution in [0.15, 0.2) is 18.3 Å². The molecule has 0 fully saturated rings. The summed E-state index contributed by atoms with van der Waals surface area (Å²) in [5, 5.41) is 4.23. The van der Waals surface area contributed by atoms with Crippen LogP contribution in [0.2, 0.25) is 0 Å². The number of rotatable bonds is 2. The molecule has 20 heavy (non-hydrogen) atoms. The lowest BCUT2D eigenvalue weighted by molar-refractivity contribution is 0.512. The molecule has 0 atom stereocenters. The van der Waals surface area contributed by atoms with Gasteiger partial charge in [0, 0.05) is 18.8 Å². The van der Waals surface area contributed by atoms with Crippen LogP contribution in [0.4, 0.5) is 8.78 Å². The normalized spacial score (nSPS) is 11.4. The van der Waals surface area contributed by atoms with Gasteiger partial charge in [-0.1, -0.05) is 0 Å². The number of halogens is 2. The summed E-state index contributed by atoms with van der Waals surface area (Å²) in [6.45, 7) is 2.21. The number of aromatic nitrogens is 4. The molecule has 2 heterocycles. The lowest BCUT2D eigenvalue weighted by Crippen LogP contribution is -2.02. The maximum absolute atomic E-state index is 14.0. The van der Waals surface area contributed by atoms with Crippen molar-refractivity contribution in [3.63, 3.8) is 0 Å². The molecule has 1 aromatic carbocycles. The van der Waals surface area contributed by atoms with E-state index in [-0.39, 0.29) is 5.52 Å². The molecule has 0 spiro atoms. The third-order valence-electron chi connectivity index (χ3n) is 3.27. The number of nitrogens with one attached hydrogen (secondary N) is 1. The molecular weight excluding hydrogens is 282 g/mol. The number of fused-ring (bicyclic) bond motifs is 1. The second kappa shape index (κ2) is 4.52. The van der Waals surface area contributed by atoms with Gasteiger partial charge in [-0.15, -0.1) is 0 Å². The quantitative estimate of drug-likeness (QED) is 0.738. The summed E-state index contributed by atoms with van der Waals surface area (Å²) in [4.78, 5) is 2.89. The minimum atomic E-state index is -0.892. The van der Waals surface area contributed by atoms with Gasteiger partial charge in [-0.2, -0.15) is 5.10 Å². The van der Waals surface area contributed by atoms with Crippen molar-refractivity contribution in [3.8, 4) is 0 Å². The number of hydrogen-bond donors (Lipinski definition) is 1. The van der Waals surface area contributed by atoms with Crippen LogP contribution in [0, 0.1) is 23.3 Å². The average molecular weight is 294 g/mol. The Morgan fingerprint density at radius 2 is 2.10 bits per heavy atom. The number of imidazole rings is 1. The van der Waals surface area contributed by atoms with E-state index in [4.69, 9.17) is 12.2 Å². The molecule has 3 aromatic rings. The Labute approximate surface area is 118 Å². The predicted octanol–water partition coefficient (Wildman–Crippen LogP) is 3.07. The molecule has 0 aliphatic rings. The summed E-state index contributed by atoms with van der Waals surface area (Å²) in [5.74, 6) is -1.78. The molecular formula is C13H12F2N4S. The van der Waals surface area contributed by atoms with Crippen LogP contribution in [0.5, 0.6) is 0 Å². The first kappa shape index (κ1) is 13.0. The van der Waals surface area contributed by atoms with Crippen molar-refractivity contribution in [3.05, 3.63) is 46.0 Å². The number of H-pyrrole nitrogens is 1. The lowest BCUT2D eigenvalue weighted by Gasteiger charge is -2.04. The zero-order valence-corrected chi connectivity index (χ0v) is 11.8. The lowest BCUT2D eigenvalue weighted by atomic mass is 10.2. The maximum atomic E-state index is 14.0. The Kier molecular flexibility index (Phi) is 2.93. The monoisotopic (exact) mass is 294 g/mol. The fraction of sp³-hybridized carbons (Fsp3) is 0.231. The SMILES string of the molecule is Cc1nn(C)cc1Cn1c(=S)[nH]c2ccc(F)c(F)c21. The third-order valence-corrected chi connectivity index (χ3v) is 3.59. The molecule has 2 aromatic heterocycles. The number of hydrogen-bond acceptors (Lipinski definition) is 2. The highest BCUT2D eigenvalue weighted by Crippen LogP contribution is 2.22. The topological polar surface area (TPSA) is 38.5 Å². The second-order valence-corrected chi connectivity index (χ2v) is 5.07. The van der Waals surface area contributed by atoms with Gasteiger partial charge in [-0.25, -0.2) is 8.78 Å². The Hall–Kier alpha value is -2.02. The molecule has 0 saturated heterocycles. The standard InChI is InChI=1S/C13H12F2N4S/c1-7-8(5-18(2)17-7)6-19-12-10(16-13(19)20)4-3-9(14)11(12)15/h3-5H,6H2,1-2H3,(H,16,20). The largest absolute Gasteiger partial charge is 0.330 e. The third kappa shape index (κ3) is 1.94. The van der Waals surface area contributed by atoms with Crippen molar-refractivity contribution in [2.45, 2.75) is 13.5 Å². The van der Waals surface area contributed by atoms with Gasteiger partial charge in [-0.05, 0) is 31.3 Å². The van der Waals surface area contributed by atoms with E-state index in [0.29, 0.717) is 16.8 Å². The van der Waals surface area contributed by atoms with E-state index in [0.717, 1.165) is 17.3 Å². The average Bonchev–Trinajstić information content (AvgIpc) is 2.86. The van der Waals surface area contributed by atoms with Gasteiger partial charge < -0.3 is 9.55 Å². The van der Waals surface area contributed by atoms with Gasteiger partial charge in [0.25, 0.3) is 0 Å². The zero-order valence-electron chi connectivity index (χ0n) is 10.9. The molecule has 0 saturated carbocycles. The molecule has 4 nitrogen and oxygen atoms in total. The Morgan fingerprint density at radius 3 is 2.75 bits per heavy atom. The van der Waals surface area contributed by atoms with Gasteiger partial charge in [0.2, 0.25) is 0 Å².